The summed E-state index contributed by atoms with van der Waals surface area (Å²) in [6.07, 6.45) is 0. The summed E-state index contributed by atoms with van der Waals surface area (Å²) >= 11 is 0. The maximum atomic E-state index is 5.35. The van der Waals surface area contributed by atoms with E-state index in [0.29, 0.717) is 5.92 Å². The van der Waals surface area contributed by atoms with Crippen molar-refractivity contribution in [1.29, 1.82) is 0 Å². The molecule has 0 N–H and O–H groups in total. The highest BCUT2D eigenvalue weighted by atomic mass is 16.5. The van der Waals surface area contributed by atoms with Gasteiger partial charge in [0.2, 0.25) is 0 Å². The van der Waals surface area contributed by atoms with Crippen LogP contribution < -0.4 is 0 Å². The summed E-state index contributed by atoms with van der Waals surface area (Å²) in [7, 11) is 0. The van der Waals surface area contributed by atoms with Crippen molar-refractivity contribution in [2.45, 2.75) is 47.5 Å². The highest BCUT2D eigenvalue weighted by Gasteiger charge is 2.18. The zero-order chi connectivity index (χ0) is 12.0. The van der Waals surface area contributed by atoms with Crippen LogP contribution in [-0.4, -0.2) is 5.16 Å². The van der Waals surface area contributed by atoms with Gasteiger partial charge in [-0.3, -0.25) is 0 Å². The molecule has 0 spiro atoms. The second kappa shape index (κ2) is 3.62. The van der Waals surface area contributed by atoms with Crippen LogP contribution in [0.2, 0.25) is 0 Å². The van der Waals surface area contributed by atoms with Crippen molar-refractivity contribution in [3.05, 3.63) is 28.0 Å². The molecule has 86 valence electrons. The minimum Gasteiger partial charge on any atom is -0.360 e. The predicted octanol–water partition coefficient (Wildman–Crippen LogP) is 4.18. The Morgan fingerprint density at radius 1 is 0.938 bits per heavy atom. The standard InChI is InChI=1S/C14H19NO/c1-7(2)12-9(4)8(3)10(5)13-11(6)16-15-14(12)13/h7H,1-6H3. The number of hydrogen-bond acceptors (Lipinski definition) is 2. The van der Waals surface area contributed by atoms with Crippen LogP contribution in [0.3, 0.4) is 0 Å². The van der Waals surface area contributed by atoms with Crippen LogP contribution in [0.25, 0.3) is 10.9 Å². The van der Waals surface area contributed by atoms with Crippen LogP contribution in [0.5, 0.6) is 0 Å². The van der Waals surface area contributed by atoms with E-state index in [1.807, 2.05) is 6.92 Å². The lowest BCUT2D eigenvalue weighted by atomic mass is 9.88. The summed E-state index contributed by atoms with van der Waals surface area (Å²) in [4.78, 5) is 0. The summed E-state index contributed by atoms with van der Waals surface area (Å²) in [5, 5.41) is 5.43. The van der Waals surface area contributed by atoms with Gasteiger partial charge in [-0.25, -0.2) is 0 Å². The number of fused-ring (bicyclic) bond motifs is 1. The van der Waals surface area contributed by atoms with Crippen LogP contribution in [0.15, 0.2) is 4.52 Å². The summed E-state index contributed by atoms with van der Waals surface area (Å²) in [6.45, 7) is 12.9. The normalized spacial score (nSPS) is 11.7. The zero-order valence-electron chi connectivity index (χ0n) is 10.9. The minimum absolute atomic E-state index is 0.478. The topological polar surface area (TPSA) is 26.0 Å². The van der Waals surface area contributed by atoms with Gasteiger partial charge in [-0.15, -0.1) is 0 Å². The Morgan fingerprint density at radius 2 is 1.56 bits per heavy atom. The third kappa shape index (κ3) is 1.36. The average molecular weight is 217 g/mol. The van der Waals surface area contributed by atoms with Crippen LogP contribution in [0, 0.1) is 27.7 Å². The molecule has 1 aromatic heterocycles. The molecule has 1 heterocycles. The Bertz CT molecular complexity index is 550. The monoisotopic (exact) mass is 217 g/mol. The predicted molar refractivity (Wildman–Crippen MR) is 67.0 cm³/mol. The van der Waals surface area contributed by atoms with Crippen molar-refractivity contribution in [2.24, 2.45) is 0 Å². The molecule has 0 aliphatic rings. The largest absolute Gasteiger partial charge is 0.360 e. The molecule has 2 heteroatoms. The van der Waals surface area contributed by atoms with Gasteiger partial charge < -0.3 is 4.52 Å². The lowest BCUT2D eigenvalue weighted by molar-refractivity contribution is 0.405. The molecule has 16 heavy (non-hydrogen) atoms. The number of hydrogen-bond donors (Lipinski definition) is 0. The fourth-order valence-electron chi connectivity index (χ4n) is 2.55. The van der Waals surface area contributed by atoms with Crippen LogP contribution in [-0.2, 0) is 0 Å². The van der Waals surface area contributed by atoms with Gasteiger partial charge in [0.1, 0.15) is 11.3 Å². The molecule has 0 aliphatic carbocycles. The minimum atomic E-state index is 0.478. The molecule has 2 nitrogen and oxygen atoms in total. The number of benzene rings is 1. The van der Waals surface area contributed by atoms with E-state index in [0.717, 1.165) is 11.3 Å². The molecule has 0 amide bonds. The van der Waals surface area contributed by atoms with Crippen molar-refractivity contribution < 1.29 is 4.52 Å². The summed E-state index contributed by atoms with van der Waals surface area (Å²) < 4.78 is 5.35. The quantitative estimate of drug-likeness (QED) is 0.716. The highest BCUT2D eigenvalue weighted by molar-refractivity contribution is 5.89. The average Bonchev–Trinajstić information content (AvgIpc) is 2.57. The van der Waals surface area contributed by atoms with Gasteiger partial charge in [0.15, 0.2) is 0 Å². The molecule has 2 rings (SSSR count). The molecule has 0 atom stereocenters. The molecule has 1 aromatic carbocycles. The third-order valence-electron chi connectivity index (χ3n) is 3.60. The Hall–Kier alpha value is -1.31. The van der Waals surface area contributed by atoms with Gasteiger partial charge in [0.05, 0.1) is 0 Å². The number of nitrogens with zero attached hydrogens (tertiary/aromatic N) is 1. The Balaban J connectivity index is 2.99. The van der Waals surface area contributed by atoms with Crippen molar-refractivity contribution in [3.8, 4) is 0 Å². The molecule has 0 saturated carbocycles. The lowest BCUT2D eigenvalue weighted by Crippen LogP contribution is -1.99. The Kier molecular flexibility index (Phi) is 2.53. The molecule has 0 fully saturated rings. The van der Waals surface area contributed by atoms with Gasteiger partial charge in [0.25, 0.3) is 0 Å². The first-order chi connectivity index (χ1) is 7.45. The molecule has 0 bridgehead atoms. The summed E-state index contributed by atoms with van der Waals surface area (Å²) in [5.74, 6) is 1.41. The second-order valence-corrected chi connectivity index (χ2v) is 4.91. The Morgan fingerprint density at radius 3 is 2.12 bits per heavy atom. The van der Waals surface area contributed by atoms with Gasteiger partial charge in [0, 0.05) is 5.39 Å². The zero-order valence-corrected chi connectivity index (χ0v) is 10.9. The first kappa shape index (κ1) is 11.2. The van der Waals surface area contributed by atoms with Crippen molar-refractivity contribution in [3.63, 3.8) is 0 Å². The fraction of sp³-hybridized carbons (Fsp3) is 0.500. The smallest absolute Gasteiger partial charge is 0.141 e. The number of aryl methyl sites for hydroxylation is 2. The summed E-state index contributed by atoms with van der Waals surface area (Å²) in [5.41, 5.74) is 6.40. The third-order valence-corrected chi connectivity index (χ3v) is 3.60. The highest BCUT2D eigenvalue weighted by Crippen LogP contribution is 2.34. The van der Waals surface area contributed by atoms with Crippen LogP contribution in [0.1, 0.15) is 47.8 Å². The van der Waals surface area contributed by atoms with E-state index in [1.165, 1.54) is 27.6 Å². The maximum absolute atomic E-state index is 5.35. The Labute approximate surface area is 96.6 Å². The molecule has 0 aliphatic heterocycles. The number of aromatic nitrogens is 1. The van der Waals surface area contributed by atoms with Crippen molar-refractivity contribution in [1.82, 2.24) is 5.16 Å². The van der Waals surface area contributed by atoms with E-state index in [2.05, 4.69) is 39.8 Å². The molecular weight excluding hydrogens is 198 g/mol. The van der Waals surface area contributed by atoms with E-state index >= 15 is 0 Å². The molecular formula is C14H19NO. The van der Waals surface area contributed by atoms with E-state index in [9.17, 15) is 0 Å². The first-order valence-electron chi connectivity index (χ1n) is 5.80. The molecule has 0 saturated heterocycles. The molecule has 2 aromatic rings. The maximum Gasteiger partial charge on any atom is 0.141 e. The van der Waals surface area contributed by atoms with Crippen molar-refractivity contribution >= 4 is 10.9 Å². The van der Waals surface area contributed by atoms with Crippen LogP contribution in [0.4, 0.5) is 0 Å². The number of rotatable bonds is 1. The van der Waals surface area contributed by atoms with Gasteiger partial charge >= 0.3 is 0 Å². The van der Waals surface area contributed by atoms with Gasteiger partial charge in [-0.1, -0.05) is 19.0 Å². The first-order valence-corrected chi connectivity index (χ1v) is 5.80. The van der Waals surface area contributed by atoms with E-state index in [-0.39, 0.29) is 0 Å². The second-order valence-electron chi connectivity index (χ2n) is 4.91. The van der Waals surface area contributed by atoms with E-state index < -0.39 is 0 Å². The fourth-order valence-corrected chi connectivity index (χ4v) is 2.55. The van der Waals surface area contributed by atoms with Gasteiger partial charge in [-0.2, -0.15) is 0 Å². The SMILES string of the molecule is Cc1c(C)c(C)c2c(C)onc2c1C(C)C. The van der Waals surface area contributed by atoms with Gasteiger partial charge in [-0.05, 0) is 55.9 Å². The molecule has 0 radical (unpaired) electrons. The van der Waals surface area contributed by atoms with Crippen LogP contribution >= 0.6 is 0 Å². The summed E-state index contributed by atoms with van der Waals surface area (Å²) in [6, 6.07) is 0. The van der Waals surface area contributed by atoms with E-state index in [4.69, 9.17) is 4.52 Å². The van der Waals surface area contributed by atoms with E-state index in [1.54, 1.807) is 0 Å². The van der Waals surface area contributed by atoms with Crippen molar-refractivity contribution in [2.75, 3.05) is 0 Å². The lowest BCUT2D eigenvalue weighted by Gasteiger charge is -2.15. The molecule has 0 unspecified atom stereocenters.